The number of sulfonamides is 1. The first-order chi connectivity index (χ1) is 16.1. The molecule has 1 aliphatic heterocycles. The maximum atomic E-state index is 13.1. The first kappa shape index (κ1) is 23.2. The van der Waals surface area contributed by atoms with Crippen molar-refractivity contribution in [1.82, 2.24) is 9.88 Å². The van der Waals surface area contributed by atoms with Crippen molar-refractivity contribution in [3.63, 3.8) is 0 Å². The van der Waals surface area contributed by atoms with Gasteiger partial charge in [-0.1, -0.05) is 42.5 Å². The molecule has 4 rings (SSSR count). The minimum atomic E-state index is -3.68. The van der Waals surface area contributed by atoms with E-state index in [9.17, 15) is 8.42 Å². The third-order valence-corrected chi connectivity index (χ3v) is 7.52. The van der Waals surface area contributed by atoms with Gasteiger partial charge in [0.05, 0.1) is 18.9 Å². The van der Waals surface area contributed by atoms with E-state index < -0.39 is 10.0 Å². The van der Waals surface area contributed by atoms with Crippen molar-refractivity contribution < 1.29 is 13.2 Å². The summed E-state index contributed by atoms with van der Waals surface area (Å²) in [6.45, 7) is 7.19. The Kier molecular flexibility index (Phi) is 7.59. The average Bonchev–Trinajstić information content (AvgIpc) is 2.85. The number of rotatable bonds is 9. The smallest absolute Gasteiger partial charge is 0.265 e. The highest BCUT2D eigenvalue weighted by Crippen LogP contribution is 2.23. The van der Waals surface area contributed by atoms with E-state index in [1.165, 1.54) is 16.1 Å². The van der Waals surface area contributed by atoms with E-state index in [1.54, 1.807) is 24.3 Å². The number of benzene rings is 2. The number of aromatic nitrogens is 1. The van der Waals surface area contributed by atoms with Gasteiger partial charge >= 0.3 is 0 Å². The Labute approximate surface area is 196 Å². The van der Waals surface area contributed by atoms with Gasteiger partial charge in [-0.25, -0.2) is 13.4 Å². The van der Waals surface area contributed by atoms with Gasteiger partial charge in [0.15, 0.2) is 0 Å². The molecule has 174 valence electrons. The highest BCUT2D eigenvalue weighted by atomic mass is 32.2. The van der Waals surface area contributed by atoms with Crippen molar-refractivity contribution in [2.75, 3.05) is 42.5 Å². The summed E-state index contributed by atoms with van der Waals surface area (Å²) < 4.78 is 33.0. The Morgan fingerprint density at radius 1 is 1.00 bits per heavy atom. The fourth-order valence-electron chi connectivity index (χ4n) is 3.90. The summed E-state index contributed by atoms with van der Waals surface area (Å²) in [6, 6.07) is 20.9. The summed E-state index contributed by atoms with van der Waals surface area (Å²) in [5.41, 5.74) is 3.06. The van der Waals surface area contributed by atoms with Gasteiger partial charge < -0.3 is 10.1 Å². The molecule has 0 aliphatic carbocycles. The quantitative estimate of drug-likeness (QED) is 0.518. The zero-order valence-corrected chi connectivity index (χ0v) is 19.7. The van der Waals surface area contributed by atoms with Crippen LogP contribution in [-0.2, 0) is 27.8 Å². The number of hydrogen-bond acceptors (Lipinski definition) is 6. The predicted octanol–water partition coefficient (Wildman–Crippen LogP) is 3.74. The second kappa shape index (κ2) is 10.8. The summed E-state index contributed by atoms with van der Waals surface area (Å²) in [5.74, 6) is 0.635. The van der Waals surface area contributed by atoms with E-state index in [4.69, 9.17) is 4.74 Å². The molecule has 0 unspecified atom stereocenters. The Bertz CT molecular complexity index is 1130. The van der Waals surface area contributed by atoms with E-state index in [2.05, 4.69) is 39.5 Å². The molecule has 1 N–H and O–H groups in total. The van der Waals surface area contributed by atoms with Crippen LogP contribution in [0.2, 0.25) is 0 Å². The summed E-state index contributed by atoms with van der Waals surface area (Å²) in [5, 5.41) is 3.29. The van der Waals surface area contributed by atoms with Gasteiger partial charge in [-0.05, 0) is 42.3 Å². The maximum absolute atomic E-state index is 13.1. The minimum absolute atomic E-state index is 0.172. The van der Waals surface area contributed by atoms with Gasteiger partial charge in [0.2, 0.25) is 0 Å². The van der Waals surface area contributed by atoms with Crippen LogP contribution in [0.5, 0.6) is 0 Å². The van der Waals surface area contributed by atoms with E-state index in [0.29, 0.717) is 24.6 Å². The van der Waals surface area contributed by atoms with Crippen molar-refractivity contribution in [3.05, 3.63) is 84.1 Å². The zero-order chi connectivity index (χ0) is 23.1. The standard InChI is InChI=1S/C25H30N4O3S/c1-2-29(23-9-4-3-5-10-23)33(30,31)24-11-12-25(27-19-24)26-18-21-7-6-8-22(17-21)20-28-13-15-32-16-14-28/h3-12,17,19H,2,13-16,18,20H2,1H3,(H,26,27). The molecule has 1 aliphatic rings. The van der Waals surface area contributed by atoms with Crippen LogP contribution < -0.4 is 9.62 Å². The third-order valence-electron chi connectivity index (χ3n) is 5.63. The fourth-order valence-corrected chi connectivity index (χ4v) is 5.32. The van der Waals surface area contributed by atoms with Crippen molar-refractivity contribution in [2.24, 2.45) is 0 Å². The van der Waals surface area contributed by atoms with Gasteiger partial charge in [0.1, 0.15) is 10.7 Å². The van der Waals surface area contributed by atoms with Gasteiger partial charge in [-0.15, -0.1) is 0 Å². The van der Waals surface area contributed by atoms with Gasteiger partial charge in [-0.3, -0.25) is 9.21 Å². The lowest BCUT2D eigenvalue weighted by molar-refractivity contribution is 0.0342. The van der Waals surface area contributed by atoms with Crippen molar-refractivity contribution >= 4 is 21.5 Å². The first-order valence-electron chi connectivity index (χ1n) is 11.2. The lowest BCUT2D eigenvalue weighted by Crippen LogP contribution is -2.35. The molecule has 7 nitrogen and oxygen atoms in total. The minimum Gasteiger partial charge on any atom is -0.379 e. The number of ether oxygens (including phenoxy) is 1. The molecule has 0 bridgehead atoms. The topological polar surface area (TPSA) is 74.8 Å². The summed E-state index contributed by atoms with van der Waals surface area (Å²) >= 11 is 0. The van der Waals surface area contributed by atoms with Gasteiger partial charge in [0.25, 0.3) is 10.0 Å². The van der Waals surface area contributed by atoms with Crippen LogP contribution in [0.4, 0.5) is 11.5 Å². The molecule has 0 radical (unpaired) electrons. The van der Waals surface area contributed by atoms with Crippen molar-refractivity contribution in [1.29, 1.82) is 0 Å². The highest BCUT2D eigenvalue weighted by Gasteiger charge is 2.23. The molecule has 0 amide bonds. The molecule has 0 spiro atoms. The van der Waals surface area contributed by atoms with Gasteiger partial charge in [-0.2, -0.15) is 0 Å². The molecule has 1 saturated heterocycles. The molecule has 0 saturated carbocycles. The first-order valence-corrected chi connectivity index (χ1v) is 12.7. The number of anilines is 2. The molecule has 1 fully saturated rings. The van der Waals surface area contributed by atoms with E-state index in [-0.39, 0.29) is 4.90 Å². The van der Waals surface area contributed by atoms with Crippen molar-refractivity contribution in [2.45, 2.75) is 24.9 Å². The van der Waals surface area contributed by atoms with Crippen LogP contribution in [0.25, 0.3) is 0 Å². The number of hydrogen-bond donors (Lipinski definition) is 1. The predicted molar refractivity (Wildman–Crippen MR) is 131 cm³/mol. The number of nitrogens with zero attached hydrogens (tertiary/aromatic N) is 3. The maximum Gasteiger partial charge on any atom is 0.265 e. The molecule has 33 heavy (non-hydrogen) atoms. The molecule has 8 heteroatoms. The van der Waals surface area contributed by atoms with E-state index >= 15 is 0 Å². The molecule has 2 aromatic carbocycles. The van der Waals surface area contributed by atoms with Crippen LogP contribution in [0.15, 0.2) is 77.8 Å². The van der Waals surface area contributed by atoms with E-state index in [1.807, 2.05) is 25.1 Å². The van der Waals surface area contributed by atoms with Crippen LogP contribution in [-0.4, -0.2) is 51.1 Å². The van der Waals surface area contributed by atoms with Gasteiger partial charge in [0, 0.05) is 38.9 Å². The van der Waals surface area contributed by atoms with Crippen molar-refractivity contribution in [3.8, 4) is 0 Å². The normalized spacial score (nSPS) is 14.7. The Hall–Kier alpha value is -2.94. The third kappa shape index (κ3) is 5.90. The summed E-state index contributed by atoms with van der Waals surface area (Å²) in [7, 11) is -3.68. The number of pyridine rings is 1. The summed E-state index contributed by atoms with van der Waals surface area (Å²) in [4.78, 5) is 6.91. The van der Waals surface area contributed by atoms with Crippen LogP contribution >= 0.6 is 0 Å². The van der Waals surface area contributed by atoms with E-state index in [0.717, 1.165) is 38.4 Å². The molecule has 1 aromatic heterocycles. The highest BCUT2D eigenvalue weighted by molar-refractivity contribution is 7.92. The molecule has 3 aromatic rings. The lowest BCUT2D eigenvalue weighted by Gasteiger charge is -2.26. The van der Waals surface area contributed by atoms with Crippen LogP contribution in [0, 0.1) is 0 Å². The summed E-state index contributed by atoms with van der Waals surface area (Å²) in [6.07, 6.45) is 1.41. The largest absolute Gasteiger partial charge is 0.379 e. The number of nitrogens with one attached hydrogen (secondary N) is 1. The molecular formula is C25H30N4O3S. The fraction of sp³-hybridized carbons (Fsp3) is 0.320. The van der Waals surface area contributed by atoms with Crippen LogP contribution in [0.3, 0.4) is 0 Å². The second-order valence-corrected chi connectivity index (χ2v) is 9.81. The Morgan fingerprint density at radius 3 is 2.45 bits per heavy atom. The number of para-hydroxylation sites is 1. The Morgan fingerprint density at radius 2 is 1.76 bits per heavy atom. The zero-order valence-electron chi connectivity index (χ0n) is 18.9. The Balaban J connectivity index is 1.39. The average molecular weight is 467 g/mol. The monoisotopic (exact) mass is 466 g/mol. The lowest BCUT2D eigenvalue weighted by atomic mass is 10.1. The molecule has 2 heterocycles. The molecular weight excluding hydrogens is 436 g/mol. The number of morpholine rings is 1. The second-order valence-electron chi connectivity index (χ2n) is 7.95. The molecule has 0 atom stereocenters. The SMILES string of the molecule is CCN(c1ccccc1)S(=O)(=O)c1ccc(NCc2cccc(CN3CCOCC3)c2)nc1. The van der Waals surface area contributed by atoms with Crippen LogP contribution in [0.1, 0.15) is 18.1 Å².